The highest BCUT2D eigenvalue weighted by molar-refractivity contribution is 5.92. The van der Waals surface area contributed by atoms with Gasteiger partial charge in [-0.2, -0.15) is 5.10 Å². The van der Waals surface area contributed by atoms with Crippen LogP contribution in [0.3, 0.4) is 0 Å². The van der Waals surface area contributed by atoms with Gasteiger partial charge in [0.25, 0.3) is 5.91 Å². The minimum absolute atomic E-state index is 0.00392. The Labute approximate surface area is 131 Å². The summed E-state index contributed by atoms with van der Waals surface area (Å²) >= 11 is 0. The standard InChI is InChI=1S/C17H23N3O2/c1-11-5-7-15(8-6-11)20-13(3)9-16(19-20)17(22)18-14(4)12(2)10-21/h5-9,12,14,21H,10H2,1-4H3,(H,18,22). The molecule has 0 saturated heterocycles. The van der Waals surface area contributed by atoms with Crippen LogP contribution in [0.4, 0.5) is 0 Å². The number of rotatable bonds is 5. The Morgan fingerprint density at radius 2 is 1.91 bits per heavy atom. The maximum Gasteiger partial charge on any atom is 0.272 e. The molecule has 2 unspecified atom stereocenters. The summed E-state index contributed by atoms with van der Waals surface area (Å²) in [6.07, 6.45) is 0. The molecule has 2 atom stereocenters. The van der Waals surface area contributed by atoms with Gasteiger partial charge in [0.05, 0.1) is 5.69 Å². The highest BCUT2D eigenvalue weighted by Crippen LogP contribution is 2.13. The van der Waals surface area contributed by atoms with E-state index in [1.807, 2.05) is 52.0 Å². The fraction of sp³-hybridized carbons (Fsp3) is 0.412. The van der Waals surface area contributed by atoms with E-state index >= 15 is 0 Å². The van der Waals surface area contributed by atoms with Crippen molar-refractivity contribution in [3.63, 3.8) is 0 Å². The lowest BCUT2D eigenvalue weighted by Gasteiger charge is -2.18. The molecule has 0 aliphatic rings. The van der Waals surface area contributed by atoms with Crippen molar-refractivity contribution in [2.45, 2.75) is 33.7 Å². The zero-order valence-corrected chi connectivity index (χ0v) is 13.5. The molecule has 22 heavy (non-hydrogen) atoms. The lowest BCUT2D eigenvalue weighted by atomic mass is 10.1. The maximum absolute atomic E-state index is 12.3. The number of carbonyl (C=O) groups is 1. The van der Waals surface area contributed by atoms with E-state index in [4.69, 9.17) is 5.11 Å². The van der Waals surface area contributed by atoms with Gasteiger partial charge in [-0.3, -0.25) is 4.79 Å². The number of aromatic nitrogens is 2. The van der Waals surface area contributed by atoms with Crippen molar-refractivity contribution < 1.29 is 9.90 Å². The van der Waals surface area contributed by atoms with E-state index in [1.165, 1.54) is 5.56 Å². The number of nitrogens with zero attached hydrogens (tertiary/aromatic N) is 2. The number of nitrogens with one attached hydrogen (secondary N) is 1. The van der Waals surface area contributed by atoms with E-state index in [9.17, 15) is 4.79 Å². The van der Waals surface area contributed by atoms with E-state index in [1.54, 1.807) is 10.7 Å². The number of amides is 1. The summed E-state index contributed by atoms with van der Waals surface area (Å²) in [5.74, 6) is -0.217. The molecule has 5 nitrogen and oxygen atoms in total. The molecule has 1 aromatic heterocycles. The monoisotopic (exact) mass is 301 g/mol. The molecule has 1 heterocycles. The molecule has 0 spiro atoms. The second kappa shape index (κ2) is 6.75. The van der Waals surface area contributed by atoms with Gasteiger partial charge >= 0.3 is 0 Å². The molecule has 2 rings (SSSR count). The molecule has 118 valence electrons. The zero-order valence-electron chi connectivity index (χ0n) is 13.5. The van der Waals surface area contributed by atoms with Gasteiger partial charge in [-0.15, -0.1) is 0 Å². The maximum atomic E-state index is 12.3. The predicted molar refractivity (Wildman–Crippen MR) is 86.2 cm³/mol. The van der Waals surface area contributed by atoms with Crippen molar-refractivity contribution in [3.05, 3.63) is 47.3 Å². The van der Waals surface area contributed by atoms with Gasteiger partial charge in [-0.1, -0.05) is 24.6 Å². The van der Waals surface area contributed by atoms with Crippen LogP contribution in [0.5, 0.6) is 0 Å². The van der Waals surface area contributed by atoms with Gasteiger partial charge in [0.2, 0.25) is 0 Å². The summed E-state index contributed by atoms with van der Waals surface area (Å²) in [6.45, 7) is 7.76. The minimum atomic E-state index is -0.221. The number of aliphatic hydroxyl groups excluding tert-OH is 1. The third kappa shape index (κ3) is 3.54. The number of carbonyl (C=O) groups excluding carboxylic acids is 1. The third-order valence-corrected chi connectivity index (χ3v) is 3.90. The summed E-state index contributed by atoms with van der Waals surface area (Å²) in [4.78, 5) is 12.3. The molecule has 0 aliphatic heterocycles. The van der Waals surface area contributed by atoms with Gasteiger partial charge in [0, 0.05) is 18.3 Å². The Kier molecular flexibility index (Phi) is 4.98. The largest absolute Gasteiger partial charge is 0.396 e. The fourth-order valence-electron chi connectivity index (χ4n) is 2.11. The summed E-state index contributed by atoms with van der Waals surface area (Å²) in [7, 11) is 0. The van der Waals surface area contributed by atoms with Crippen molar-refractivity contribution in [1.29, 1.82) is 0 Å². The normalized spacial score (nSPS) is 13.7. The number of aryl methyl sites for hydroxylation is 2. The topological polar surface area (TPSA) is 67.2 Å². The number of aliphatic hydroxyl groups is 1. The van der Waals surface area contributed by atoms with Gasteiger partial charge in [0.1, 0.15) is 0 Å². The zero-order chi connectivity index (χ0) is 16.3. The number of hydrogen-bond donors (Lipinski definition) is 2. The smallest absolute Gasteiger partial charge is 0.272 e. The summed E-state index contributed by atoms with van der Waals surface area (Å²) < 4.78 is 1.76. The van der Waals surface area contributed by atoms with Crippen molar-refractivity contribution >= 4 is 5.91 Å². The Balaban J connectivity index is 2.19. The lowest BCUT2D eigenvalue weighted by Crippen LogP contribution is -2.38. The molecular formula is C17H23N3O2. The summed E-state index contributed by atoms with van der Waals surface area (Å²) in [5.41, 5.74) is 3.39. The first-order chi connectivity index (χ1) is 10.4. The second-order valence-electron chi connectivity index (χ2n) is 5.84. The van der Waals surface area contributed by atoms with E-state index < -0.39 is 0 Å². The average Bonchev–Trinajstić information content (AvgIpc) is 2.89. The Morgan fingerprint density at radius 3 is 2.50 bits per heavy atom. The third-order valence-electron chi connectivity index (χ3n) is 3.90. The van der Waals surface area contributed by atoms with Crippen molar-refractivity contribution in [1.82, 2.24) is 15.1 Å². The first-order valence-electron chi connectivity index (χ1n) is 7.47. The van der Waals surface area contributed by atoms with Crippen LogP contribution in [0, 0.1) is 19.8 Å². The van der Waals surface area contributed by atoms with Crippen molar-refractivity contribution in [2.24, 2.45) is 5.92 Å². The van der Waals surface area contributed by atoms with E-state index in [0.29, 0.717) is 5.69 Å². The van der Waals surface area contributed by atoms with Crippen LogP contribution in [0.15, 0.2) is 30.3 Å². The lowest BCUT2D eigenvalue weighted by molar-refractivity contribution is 0.0911. The highest BCUT2D eigenvalue weighted by atomic mass is 16.3. The predicted octanol–water partition coefficient (Wildman–Crippen LogP) is 2.24. The molecule has 0 fully saturated rings. The van der Waals surface area contributed by atoms with Crippen LogP contribution in [-0.4, -0.2) is 33.4 Å². The fourth-order valence-corrected chi connectivity index (χ4v) is 2.11. The van der Waals surface area contributed by atoms with E-state index in [2.05, 4.69) is 10.4 Å². The number of benzene rings is 1. The molecule has 1 aromatic carbocycles. The summed E-state index contributed by atoms with van der Waals surface area (Å²) in [5, 5.41) is 16.4. The number of hydrogen-bond acceptors (Lipinski definition) is 3. The summed E-state index contributed by atoms with van der Waals surface area (Å²) in [6, 6.07) is 9.65. The van der Waals surface area contributed by atoms with Gasteiger partial charge in [-0.05, 0) is 44.9 Å². The first-order valence-corrected chi connectivity index (χ1v) is 7.47. The van der Waals surface area contributed by atoms with Gasteiger partial charge < -0.3 is 10.4 Å². The highest BCUT2D eigenvalue weighted by Gasteiger charge is 2.18. The molecule has 1 amide bonds. The molecule has 2 aromatic rings. The Bertz CT molecular complexity index is 646. The minimum Gasteiger partial charge on any atom is -0.396 e. The quantitative estimate of drug-likeness (QED) is 0.890. The van der Waals surface area contributed by atoms with Crippen molar-refractivity contribution in [2.75, 3.05) is 6.61 Å². The van der Waals surface area contributed by atoms with Crippen LogP contribution in [0.1, 0.15) is 35.6 Å². The van der Waals surface area contributed by atoms with Gasteiger partial charge in [0.15, 0.2) is 5.69 Å². The van der Waals surface area contributed by atoms with E-state index in [-0.39, 0.29) is 24.5 Å². The van der Waals surface area contributed by atoms with Crippen LogP contribution in [0.25, 0.3) is 5.69 Å². The molecular weight excluding hydrogens is 278 g/mol. The van der Waals surface area contributed by atoms with Crippen LogP contribution in [-0.2, 0) is 0 Å². The molecule has 0 saturated carbocycles. The molecule has 5 heteroatoms. The molecule has 0 bridgehead atoms. The SMILES string of the molecule is Cc1ccc(-n2nc(C(=O)NC(C)C(C)CO)cc2C)cc1. The van der Waals surface area contributed by atoms with E-state index in [0.717, 1.165) is 11.4 Å². The molecule has 0 aliphatic carbocycles. The van der Waals surface area contributed by atoms with Crippen LogP contribution >= 0.6 is 0 Å². The Morgan fingerprint density at radius 1 is 1.27 bits per heavy atom. The van der Waals surface area contributed by atoms with Gasteiger partial charge in [-0.25, -0.2) is 4.68 Å². The average molecular weight is 301 g/mol. The molecule has 0 radical (unpaired) electrons. The first kappa shape index (κ1) is 16.2. The molecule has 2 N–H and O–H groups in total. The van der Waals surface area contributed by atoms with Crippen molar-refractivity contribution in [3.8, 4) is 5.69 Å². The van der Waals surface area contributed by atoms with Crippen LogP contribution in [0.2, 0.25) is 0 Å². The second-order valence-corrected chi connectivity index (χ2v) is 5.84. The Hall–Kier alpha value is -2.14. The van der Waals surface area contributed by atoms with Crippen LogP contribution < -0.4 is 5.32 Å².